The highest BCUT2D eigenvalue weighted by Gasteiger charge is 2.46. The Bertz CT molecular complexity index is 832. The molecule has 0 unspecified atom stereocenters. The van der Waals surface area contributed by atoms with Gasteiger partial charge in [-0.3, -0.25) is 9.59 Å². The van der Waals surface area contributed by atoms with Gasteiger partial charge in [0.25, 0.3) is 5.91 Å². The summed E-state index contributed by atoms with van der Waals surface area (Å²) in [6.07, 6.45) is 1.79. The number of ether oxygens (including phenoxy) is 1. The Morgan fingerprint density at radius 1 is 1.26 bits per heavy atom. The van der Waals surface area contributed by atoms with Crippen molar-refractivity contribution < 1.29 is 27.1 Å². The van der Waals surface area contributed by atoms with E-state index >= 15 is 0 Å². The van der Waals surface area contributed by atoms with E-state index in [1.807, 2.05) is 0 Å². The predicted molar refractivity (Wildman–Crippen MR) is 97.3 cm³/mol. The highest BCUT2D eigenvalue weighted by molar-refractivity contribution is 7.91. The number of hydrogen-bond acceptors (Lipinski definition) is 5. The van der Waals surface area contributed by atoms with Crippen LogP contribution < -0.4 is 5.32 Å². The van der Waals surface area contributed by atoms with E-state index in [4.69, 9.17) is 4.74 Å². The molecule has 0 radical (unpaired) electrons. The summed E-state index contributed by atoms with van der Waals surface area (Å²) < 4.78 is 42.8. The van der Waals surface area contributed by atoms with E-state index in [1.165, 1.54) is 13.0 Å². The lowest BCUT2D eigenvalue weighted by Gasteiger charge is -2.29. The molecule has 2 fully saturated rings. The second-order valence-electron chi connectivity index (χ2n) is 7.43. The molecule has 0 bridgehead atoms. The van der Waals surface area contributed by atoms with Crippen molar-refractivity contribution in [2.24, 2.45) is 0 Å². The normalized spacial score (nSPS) is 24.3. The second kappa shape index (κ2) is 7.58. The molecule has 1 aliphatic heterocycles. The molecule has 1 aromatic carbocycles. The number of carbonyl (C=O) groups is 2. The number of carbonyl (C=O) groups excluding carboxylic acids is 2. The minimum atomic E-state index is -3.12. The third-order valence-electron chi connectivity index (χ3n) is 5.47. The molecule has 6 nitrogen and oxygen atoms in total. The Hall–Kier alpha value is -1.96. The average molecular weight is 397 g/mol. The SMILES string of the molecule is C[C@@H](OC(=O)C1(c2ccccc2F)CCCC1)C(=O)N[C@@H]1CCS(=O)(=O)C1. The Labute approximate surface area is 158 Å². The number of halogens is 1. The maximum absolute atomic E-state index is 14.3. The topological polar surface area (TPSA) is 89.5 Å². The van der Waals surface area contributed by atoms with Gasteiger partial charge >= 0.3 is 5.97 Å². The average Bonchev–Trinajstić information content (AvgIpc) is 3.22. The van der Waals surface area contributed by atoms with Crippen LogP contribution in [0.2, 0.25) is 0 Å². The molecule has 1 saturated carbocycles. The Kier molecular flexibility index (Phi) is 5.55. The van der Waals surface area contributed by atoms with Gasteiger partial charge in [0.15, 0.2) is 15.9 Å². The Morgan fingerprint density at radius 2 is 1.93 bits per heavy atom. The van der Waals surface area contributed by atoms with Gasteiger partial charge in [-0.05, 0) is 32.3 Å². The van der Waals surface area contributed by atoms with E-state index in [2.05, 4.69) is 5.32 Å². The monoisotopic (exact) mass is 397 g/mol. The van der Waals surface area contributed by atoms with Crippen LogP contribution in [-0.2, 0) is 29.6 Å². The summed E-state index contributed by atoms with van der Waals surface area (Å²) in [5, 5.41) is 2.62. The number of benzene rings is 1. The number of esters is 1. The number of rotatable bonds is 5. The lowest BCUT2D eigenvalue weighted by atomic mass is 9.78. The summed E-state index contributed by atoms with van der Waals surface area (Å²) in [4.78, 5) is 25.2. The first-order valence-corrected chi connectivity index (χ1v) is 11.0. The van der Waals surface area contributed by atoms with Crippen molar-refractivity contribution in [3.05, 3.63) is 35.6 Å². The van der Waals surface area contributed by atoms with Crippen LogP contribution in [0, 0.1) is 5.82 Å². The van der Waals surface area contributed by atoms with Gasteiger partial charge in [0.2, 0.25) is 0 Å². The molecule has 148 valence electrons. The van der Waals surface area contributed by atoms with Crippen LogP contribution in [0.15, 0.2) is 24.3 Å². The number of amides is 1. The molecule has 8 heteroatoms. The van der Waals surface area contributed by atoms with Crippen LogP contribution in [0.5, 0.6) is 0 Å². The lowest BCUT2D eigenvalue weighted by Crippen LogP contribution is -2.45. The van der Waals surface area contributed by atoms with E-state index < -0.39 is 45.1 Å². The van der Waals surface area contributed by atoms with Crippen LogP contribution in [0.25, 0.3) is 0 Å². The van der Waals surface area contributed by atoms with E-state index in [0.29, 0.717) is 24.8 Å². The predicted octanol–water partition coefficient (Wildman–Crippen LogP) is 1.87. The Balaban J connectivity index is 1.69. The zero-order chi connectivity index (χ0) is 19.7. The molecule has 2 aliphatic rings. The molecule has 1 amide bonds. The standard InChI is InChI=1S/C19H24FNO5S/c1-13(17(22)21-14-8-11-27(24,25)12-14)26-18(23)19(9-4-5-10-19)15-6-2-3-7-16(15)20/h2-3,6-7,13-14H,4-5,8-12H2,1H3,(H,21,22)/t13-,14-/m1/s1. The van der Waals surface area contributed by atoms with Crippen LogP contribution in [0.3, 0.4) is 0 Å². The van der Waals surface area contributed by atoms with E-state index in [0.717, 1.165) is 12.8 Å². The fourth-order valence-corrected chi connectivity index (χ4v) is 5.64. The zero-order valence-electron chi connectivity index (χ0n) is 15.2. The van der Waals surface area contributed by atoms with Gasteiger partial charge in [0.05, 0.1) is 16.9 Å². The Morgan fingerprint density at radius 3 is 2.52 bits per heavy atom. The molecule has 1 heterocycles. The van der Waals surface area contributed by atoms with E-state index in [9.17, 15) is 22.4 Å². The summed E-state index contributed by atoms with van der Waals surface area (Å²) >= 11 is 0. The van der Waals surface area contributed by atoms with Gasteiger partial charge in [-0.25, -0.2) is 12.8 Å². The maximum Gasteiger partial charge on any atom is 0.317 e. The van der Waals surface area contributed by atoms with Gasteiger partial charge in [-0.15, -0.1) is 0 Å². The minimum Gasteiger partial charge on any atom is -0.452 e. The van der Waals surface area contributed by atoms with Gasteiger partial charge < -0.3 is 10.1 Å². The van der Waals surface area contributed by atoms with Crippen molar-refractivity contribution >= 4 is 21.7 Å². The first-order valence-electron chi connectivity index (χ1n) is 9.20. The van der Waals surface area contributed by atoms with Gasteiger partial charge in [-0.2, -0.15) is 0 Å². The minimum absolute atomic E-state index is 0.0442. The largest absolute Gasteiger partial charge is 0.452 e. The fourth-order valence-electron chi connectivity index (χ4n) is 3.97. The molecule has 2 atom stereocenters. The summed E-state index contributed by atoms with van der Waals surface area (Å²) in [6.45, 7) is 1.45. The van der Waals surface area contributed by atoms with Gasteiger partial charge in [0, 0.05) is 11.6 Å². The van der Waals surface area contributed by atoms with Crippen molar-refractivity contribution in [1.29, 1.82) is 0 Å². The molecule has 1 N–H and O–H groups in total. The van der Waals surface area contributed by atoms with E-state index in [1.54, 1.807) is 18.2 Å². The maximum atomic E-state index is 14.3. The van der Waals surface area contributed by atoms with Crippen LogP contribution >= 0.6 is 0 Å². The molecular formula is C19H24FNO5S. The number of sulfone groups is 1. The van der Waals surface area contributed by atoms with Crippen LogP contribution in [0.4, 0.5) is 4.39 Å². The molecule has 1 saturated heterocycles. The molecule has 0 aromatic heterocycles. The van der Waals surface area contributed by atoms with E-state index in [-0.39, 0.29) is 11.5 Å². The number of nitrogens with one attached hydrogen (secondary N) is 1. The van der Waals surface area contributed by atoms with Crippen molar-refractivity contribution in [3.8, 4) is 0 Å². The number of hydrogen-bond donors (Lipinski definition) is 1. The van der Waals surface area contributed by atoms with Crippen molar-refractivity contribution in [1.82, 2.24) is 5.32 Å². The van der Waals surface area contributed by atoms with Crippen molar-refractivity contribution in [2.75, 3.05) is 11.5 Å². The van der Waals surface area contributed by atoms with Crippen molar-refractivity contribution in [2.45, 2.75) is 56.6 Å². The van der Waals surface area contributed by atoms with Gasteiger partial charge in [0.1, 0.15) is 5.82 Å². The summed E-state index contributed by atoms with van der Waals surface area (Å²) in [6, 6.07) is 5.70. The molecule has 0 spiro atoms. The molecule has 1 aliphatic carbocycles. The smallest absolute Gasteiger partial charge is 0.317 e. The summed E-state index contributed by atoms with van der Waals surface area (Å²) in [5.41, 5.74) is -0.765. The molecule has 1 aromatic rings. The van der Waals surface area contributed by atoms with Crippen LogP contribution in [0.1, 0.15) is 44.6 Å². The molecular weight excluding hydrogens is 373 g/mol. The quantitative estimate of drug-likeness (QED) is 0.766. The third-order valence-corrected chi connectivity index (χ3v) is 7.24. The van der Waals surface area contributed by atoms with Crippen molar-refractivity contribution in [3.63, 3.8) is 0 Å². The van der Waals surface area contributed by atoms with Crippen LogP contribution in [-0.4, -0.2) is 43.9 Å². The third kappa shape index (κ3) is 4.15. The lowest BCUT2D eigenvalue weighted by molar-refractivity contribution is -0.160. The highest BCUT2D eigenvalue weighted by atomic mass is 32.2. The second-order valence-corrected chi connectivity index (χ2v) is 9.65. The summed E-state index contributed by atoms with van der Waals surface area (Å²) in [7, 11) is -3.12. The fraction of sp³-hybridized carbons (Fsp3) is 0.579. The molecule has 27 heavy (non-hydrogen) atoms. The molecule has 3 rings (SSSR count). The first-order chi connectivity index (χ1) is 12.7. The first kappa shape index (κ1) is 19.8. The summed E-state index contributed by atoms with van der Waals surface area (Å²) in [5.74, 6) is -1.65. The zero-order valence-corrected chi connectivity index (χ0v) is 16.1. The van der Waals surface area contributed by atoms with Gasteiger partial charge in [-0.1, -0.05) is 31.0 Å². The highest BCUT2D eigenvalue weighted by Crippen LogP contribution is 2.43.